The van der Waals surface area contributed by atoms with Gasteiger partial charge in [-0.25, -0.2) is 0 Å². The van der Waals surface area contributed by atoms with Gasteiger partial charge in [-0.1, -0.05) is 13.0 Å². The minimum Gasteiger partial charge on any atom is -0.342 e. The van der Waals surface area contributed by atoms with Crippen LogP contribution in [0, 0.1) is 5.92 Å². The maximum absolute atomic E-state index is 12.8. The Morgan fingerprint density at radius 2 is 2.00 bits per heavy atom. The lowest BCUT2D eigenvalue weighted by Crippen LogP contribution is -2.46. The molecule has 128 valence electrons. The standard InChI is InChI=1S/C19H24N2OS2/c1-14-4-8-20(9-5-14)18(22)13-21-10-6-16-15(7-12-24-16)19(21)17-3-2-11-23-17/h2-3,7,11-12,14,19H,4-6,8-10,13H2,1H3/t19-/m0/s1. The SMILES string of the molecule is CC1CCN(C(=O)CN2CCc3sccc3[C@H]2c2cccs2)CC1. The van der Waals surface area contributed by atoms with Crippen molar-refractivity contribution in [3.05, 3.63) is 44.3 Å². The molecule has 4 heterocycles. The Morgan fingerprint density at radius 3 is 2.75 bits per heavy atom. The van der Waals surface area contributed by atoms with Gasteiger partial charge in [0, 0.05) is 29.4 Å². The maximum Gasteiger partial charge on any atom is 0.236 e. The monoisotopic (exact) mass is 360 g/mol. The first kappa shape index (κ1) is 16.3. The summed E-state index contributed by atoms with van der Waals surface area (Å²) in [5.74, 6) is 1.07. The Balaban J connectivity index is 1.52. The molecule has 0 spiro atoms. The third kappa shape index (κ3) is 3.17. The van der Waals surface area contributed by atoms with E-state index in [-0.39, 0.29) is 6.04 Å². The summed E-state index contributed by atoms with van der Waals surface area (Å²) >= 11 is 3.66. The van der Waals surface area contributed by atoms with Crippen LogP contribution < -0.4 is 0 Å². The van der Waals surface area contributed by atoms with Crippen molar-refractivity contribution in [1.29, 1.82) is 0 Å². The van der Waals surface area contributed by atoms with Gasteiger partial charge >= 0.3 is 0 Å². The van der Waals surface area contributed by atoms with Crippen molar-refractivity contribution >= 4 is 28.6 Å². The number of likely N-dealkylation sites (tertiary alicyclic amines) is 1. The van der Waals surface area contributed by atoms with E-state index in [9.17, 15) is 4.79 Å². The lowest BCUT2D eigenvalue weighted by atomic mass is 9.97. The highest BCUT2D eigenvalue weighted by atomic mass is 32.1. The fraction of sp³-hybridized carbons (Fsp3) is 0.526. The van der Waals surface area contributed by atoms with Gasteiger partial charge in [-0.2, -0.15) is 0 Å². The fourth-order valence-corrected chi connectivity index (χ4v) is 5.63. The second kappa shape index (κ2) is 6.98. The Bertz CT molecular complexity index is 686. The molecule has 0 bridgehead atoms. The number of carbonyl (C=O) groups excluding carboxylic acids is 1. The number of hydrogen-bond acceptors (Lipinski definition) is 4. The van der Waals surface area contributed by atoms with E-state index in [0.29, 0.717) is 12.5 Å². The summed E-state index contributed by atoms with van der Waals surface area (Å²) < 4.78 is 0. The average molecular weight is 361 g/mol. The van der Waals surface area contributed by atoms with E-state index in [1.165, 1.54) is 15.3 Å². The summed E-state index contributed by atoms with van der Waals surface area (Å²) in [4.78, 5) is 20.1. The van der Waals surface area contributed by atoms with E-state index < -0.39 is 0 Å². The molecule has 1 fully saturated rings. The van der Waals surface area contributed by atoms with Crippen LogP contribution in [0.4, 0.5) is 0 Å². The lowest BCUT2D eigenvalue weighted by Gasteiger charge is -2.37. The molecule has 2 aromatic rings. The summed E-state index contributed by atoms with van der Waals surface area (Å²) in [6.45, 7) is 5.68. The number of nitrogens with zero attached hydrogens (tertiary/aromatic N) is 2. The highest BCUT2D eigenvalue weighted by molar-refractivity contribution is 7.10. The Hall–Kier alpha value is -1.17. The van der Waals surface area contributed by atoms with Gasteiger partial charge in [0.25, 0.3) is 0 Å². The van der Waals surface area contributed by atoms with Crippen LogP contribution in [0.1, 0.15) is 41.1 Å². The maximum atomic E-state index is 12.8. The molecule has 2 aliphatic rings. The number of fused-ring (bicyclic) bond motifs is 1. The zero-order valence-electron chi connectivity index (χ0n) is 14.1. The number of carbonyl (C=O) groups is 1. The van der Waals surface area contributed by atoms with Crippen molar-refractivity contribution in [2.75, 3.05) is 26.2 Å². The lowest BCUT2D eigenvalue weighted by molar-refractivity contribution is -0.134. The van der Waals surface area contributed by atoms with Crippen molar-refractivity contribution in [3.63, 3.8) is 0 Å². The number of piperidine rings is 1. The molecule has 0 saturated carbocycles. The van der Waals surface area contributed by atoms with Crippen LogP contribution in [0.25, 0.3) is 0 Å². The molecule has 5 heteroatoms. The average Bonchev–Trinajstić information content (AvgIpc) is 3.26. The van der Waals surface area contributed by atoms with Gasteiger partial charge in [-0.3, -0.25) is 9.69 Å². The first-order valence-corrected chi connectivity index (χ1v) is 10.6. The Morgan fingerprint density at radius 1 is 1.17 bits per heavy atom. The van der Waals surface area contributed by atoms with E-state index in [1.54, 1.807) is 11.3 Å². The summed E-state index contributed by atoms with van der Waals surface area (Å²) in [6, 6.07) is 6.84. The van der Waals surface area contributed by atoms with Crippen molar-refractivity contribution < 1.29 is 4.79 Å². The molecule has 1 saturated heterocycles. The van der Waals surface area contributed by atoms with Crippen molar-refractivity contribution in [2.24, 2.45) is 5.92 Å². The van der Waals surface area contributed by atoms with Crippen molar-refractivity contribution in [1.82, 2.24) is 9.80 Å². The molecule has 0 N–H and O–H groups in total. The quantitative estimate of drug-likeness (QED) is 0.825. The largest absolute Gasteiger partial charge is 0.342 e. The van der Waals surface area contributed by atoms with E-state index in [0.717, 1.165) is 44.8 Å². The summed E-state index contributed by atoms with van der Waals surface area (Å²) in [5, 5.41) is 4.34. The Labute approximate surface area is 151 Å². The molecule has 24 heavy (non-hydrogen) atoms. The van der Waals surface area contributed by atoms with Gasteiger partial charge in [-0.15, -0.1) is 22.7 Å². The van der Waals surface area contributed by atoms with E-state index in [1.807, 2.05) is 11.3 Å². The van der Waals surface area contributed by atoms with E-state index in [4.69, 9.17) is 0 Å². The van der Waals surface area contributed by atoms with Gasteiger partial charge in [0.05, 0.1) is 12.6 Å². The zero-order valence-corrected chi connectivity index (χ0v) is 15.7. The molecule has 0 radical (unpaired) electrons. The van der Waals surface area contributed by atoms with Gasteiger partial charge in [0.15, 0.2) is 0 Å². The molecule has 2 aromatic heterocycles. The molecule has 2 aliphatic heterocycles. The molecule has 0 aromatic carbocycles. The van der Waals surface area contributed by atoms with Gasteiger partial charge < -0.3 is 4.90 Å². The summed E-state index contributed by atoms with van der Waals surface area (Å²) in [6.07, 6.45) is 3.36. The van der Waals surface area contributed by atoms with Crippen LogP contribution in [-0.4, -0.2) is 41.9 Å². The molecule has 0 aliphatic carbocycles. The third-order valence-electron chi connectivity index (χ3n) is 5.35. The minimum absolute atomic E-state index is 0.257. The number of thiophene rings is 2. The highest BCUT2D eigenvalue weighted by Crippen LogP contribution is 2.39. The highest BCUT2D eigenvalue weighted by Gasteiger charge is 2.32. The zero-order chi connectivity index (χ0) is 16.5. The third-order valence-corrected chi connectivity index (χ3v) is 7.27. The van der Waals surface area contributed by atoms with Gasteiger partial charge in [0.2, 0.25) is 5.91 Å². The summed E-state index contributed by atoms with van der Waals surface area (Å²) in [7, 11) is 0. The summed E-state index contributed by atoms with van der Waals surface area (Å²) in [5.41, 5.74) is 1.41. The van der Waals surface area contributed by atoms with Crippen LogP contribution in [0.2, 0.25) is 0 Å². The van der Waals surface area contributed by atoms with Gasteiger partial charge in [-0.05, 0) is 53.6 Å². The molecule has 1 amide bonds. The second-order valence-electron chi connectivity index (χ2n) is 7.00. The van der Waals surface area contributed by atoms with Crippen LogP contribution in [0.3, 0.4) is 0 Å². The first-order valence-electron chi connectivity index (χ1n) is 8.84. The molecular formula is C19H24N2OS2. The van der Waals surface area contributed by atoms with Crippen LogP contribution >= 0.6 is 22.7 Å². The molecule has 0 unspecified atom stereocenters. The number of rotatable bonds is 3. The van der Waals surface area contributed by atoms with Crippen molar-refractivity contribution in [3.8, 4) is 0 Å². The second-order valence-corrected chi connectivity index (χ2v) is 8.98. The van der Waals surface area contributed by atoms with Crippen LogP contribution in [0.15, 0.2) is 29.0 Å². The topological polar surface area (TPSA) is 23.6 Å². The first-order chi connectivity index (χ1) is 11.7. The molecule has 4 rings (SSSR count). The van der Waals surface area contributed by atoms with Gasteiger partial charge in [0.1, 0.15) is 0 Å². The predicted molar refractivity (Wildman–Crippen MR) is 101 cm³/mol. The van der Waals surface area contributed by atoms with Crippen LogP contribution in [0.5, 0.6) is 0 Å². The number of amides is 1. The molecule has 1 atom stereocenters. The van der Waals surface area contributed by atoms with E-state index in [2.05, 4.69) is 45.7 Å². The predicted octanol–water partition coefficient (Wildman–Crippen LogP) is 4.02. The van der Waals surface area contributed by atoms with E-state index >= 15 is 0 Å². The normalized spacial score (nSPS) is 22.5. The van der Waals surface area contributed by atoms with Crippen LogP contribution in [-0.2, 0) is 11.2 Å². The van der Waals surface area contributed by atoms with Crippen molar-refractivity contribution in [2.45, 2.75) is 32.2 Å². The molecular weight excluding hydrogens is 336 g/mol. The molecule has 3 nitrogen and oxygen atoms in total. The minimum atomic E-state index is 0.257. The Kier molecular flexibility index (Phi) is 4.74. The fourth-order valence-electron chi connectivity index (χ4n) is 3.85. The smallest absolute Gasteiger partial charge is 0.236 e. The number of hydrogen-bond donors (Lipinski definition) is 0.